The third kappa shape index (κ3) is 3.72. The summed E-state index contributed by atoms with van der Waals surface area (Å²) in [6, 6.07) is 40.1. The lowest BCUT2D eigenvalue weighted by Gasteiger charge is -2.31. The molecule has 37 heavy (non-hydrogen) atoms. The van der Waals surface area contributed by atoms with E-state index in [1.807, 2.05) is 0 Å². The maximum atomic E-state index is 4.67. The zero-order valence-electron chi connectivity index (χ0n) is 20.9. The SMILES string of the molecule is C=C1CC2C(CCc3ccccc3-c3cc(-c4ccccc4)cc[n+]31)c1ccccc1-c1cccc[n+]12. The van der Waals surface area contributed by atoms with Crippen molar-refractivity contribution in [2.75, 3.05) is 0 Å². The molecule has 4 heterocycles. The van der Waals surface area contributed by atoms with Gasteiger partial charge in [0.05, 0.1) is 6.42 Å². The first-order chi connectivity index (χ1) is 18.3. The summed E-state index contributed by atoms with van der Waals surface area (Å²) in [5, 5.41) is 0. The number of nitrogens with zero attached hydrogens (tertiary/aromatic N) is 2. The number of hydrogen-bond donors (Lipinski definition) is 0. The zero-order valence-corrected chi connectivity index (χ0v) is 20.9. The van der Waals surface area contributed by atoms with Crippen LogP contribution in [0.25, 0.3) is 39.3 Å². The molecule has 2 aliphatic heterocycles. The summed E-state index contributed by atoms with van der Waals surface area (Å²) >= 11 is 0. The van der Waals surface area contributed by atoms with Crippen molar-refractivity contribution >= 4 is 5.70 Å². The Hall–Kier alpha value is -4.30. The van der Waals surface area contributed by atoms with E-state index in [0.29, 0.717) is 12.0 Å². The van der Waals surface area contributed by atoms with E-state index in [4.69, 9.17) is 0 Å². The standard InChI is InChI=1S/C35H30N2/c1-25-23-34-32(30-15-7-8-16-31(30)33-17-9-10-21-37(33)34)19-18-27-13-5-6-14-29(27)35-24-28(20-22-36(25)35)26-11-3-2-4-12-26/h2-17,20-22,24,32,34H,1,18-19,23H2/q+2. The Morgan fingerprint density at radius 2 is 1.41 bits per heavy atom. The van der Waals surface area contributed by atoms with Crippen LogP contribution in [0, 0.1) is 0 Å². The summed E-state index contributed by atoms with van der Waals surface area (Å²) in [6.07, 6.45) is 7.52. The molecule has 7 rings (SSSR count). The normalized spacial score (nSPS) is 18.0. The van der Waals surface area contributed by atoms with Crippen molar-refractivity contribution in [3.05, 3.63) is 139 Å². The fourth-order valence-corrected chi connectivity index (χ4v) is 6.45. The first-order valence-electron chi connectivity index (χ1n) is 13.2. The Morgan fingerprint density at radius 3 is 2.30 bits per heavy atom. The van der Waals surface area contributed by atoms with Gasteiger partial charge in [0.15, 0.2) is 24.1 Å². The highest BCUT2D eigenvalue weighted by atomic mass is 15.0. The summed E-state index contributed by atoms with van der Waals surface area (Å²) in [7, 11) is 0. The largest absolute Gasteiger partial charge is 0.218 e. The van der Waals surface area contributed by atoms with E-state index in [-0.39, 0.29) is 0 Å². The van der Waals surface area contributed by atoms with E-state index in [1.54, 1.807) is 0 Å². The van der Waals surface area contributed by atoms with Gasteiger partial charge in [0.1, 0.15) is 0 Å². The highest BCUT2D eigenvalue weighted by Crippen LogP contribution is 2.44. The van der Waals surface area contributed by atoms with Crippen LogP contribution < -0.4 is 9.13 Å². The molecule has 0 aliphatic carbocycles. The molecule has 3 aromatic carbocycles. The van der Waals surface area contributed by atoms with Crippen LogP contribution in [0.1, 0.15) is 35.9 Å². The van der Waals surface area contributed by atoms with E-state index < -0.39 is 0 Å². The Morgan fingerprint density at radius 1 is 0.649 bits per heavy atom. The minimum Gasteiger partial charge on any atom is -0.194 e. The van der Waals surface area contributed by atoms with E-state index in [2.05, 4.69) is 137 Å². The maximum absolute atomic E-state index is 4.67. The van der Waals surface area contributed by atoms with Crippen molar-refractivity contribution in [3.8, 4) is 33.6 Å². The molecule has 2 aliphatic rings. The Kier molecular flexibility index (Phi) is 5.32. The molecule has 2 atom stereocenters. The topological polar surface area (TPSA) is 7.76 Å². The molecule has 0 spiro atoms. The van der Waals surface area contributed by atoms with Crippen molar-refractivity contribution in [1.82, 2.24) is 0 Å². The number of pyridine rings is 2. The van der Waals surface area contributed by atoms with Gasteiger partial charge in [-0.25, -0.2) is 0 Å². The number of aromatic nitrogens is 2. The van der Waals surface area contributed by atoms with Crippen molar-refractivity contribution in [1.29, 1.82) is 0 Å². The summed E-state index contributed by atoms with van der Waals surface area (Å²) in [6.45, 7) is 4.67. The fraction of sp³-hybridized carbons (Fsp3) is 0.143. The van der Waals surface area contributed by atoms with Crippen molar-refractivity contribution in [2.45, 2.75) is 31.2 Å². The van der Waals surface area contributed by atoms with Gasteiger partial charge in [0.2, 0.25) is 11.4 Å². The Balaban J connectivity index is 1.41. The molecule has 0 amide bonds. The van der Waals surface area contributed by atoms with Gasteiger partial charge in [-0.1, -0.05) is 66.7 Å². The maximum Gasteiger partial charge on any atom is 0.218 e. The monoisotopic (exact) mass is 478 g/mol. The van der Waals surface area contributed by atoms with Gasteiger partial charge in [-0.3, -0.25) is 0 Å². The Bertz CT molecular complexity index is 1630. The van der Waals surface area contributed by atoms with Crippen molar-refractivity contribution in [2.24, 2.45) is 0 Å². The first-order valence-corrected chi connectivity index (χ1v) is 13.2. The molecule has 2 aromatic heterocycles. The number of allylic oxidation sites excluding steroid dienone is 1. The third-order valence-corrected chi connectivity index (χ3v) is 8.21. The number of benzene rings is 3. The van der Waals surface area contributed by atoms with E-state index in [9.17, 15) is 0 Å². The molecule has 0 N–H and O–H groups in total. The predicted octanol–water partition coefficient (Wildman–Crippen LogP) is 7.41. The molecule has 0 saturated heterocycles. The second kappa shape index (κ2) is 8.97. The molecule has 5 aromatic rings. The van der Waals surface area contributed by atoms with Crippen molar-refractivity contribution in [3.63, 3.8) is 0 Å². The predicted molar refractivity (Wildman–Crippen MR) is 150 cm³/mol. The van der Waals surface area contributed by atoms with Crippen molar-refractivity contribution < 1.29 is 9.13 Å². The highest BCUT2D eigenvalue weighted by molar-refractivity contribution is 5.71. The lowest BCUT2D eigenvalue weighted by Crippen LogP contribution is -2.49. The quantitative estimate of drug-likeness (QED) is 0.222. The summed E-state index contributed by atoms with van der Waals surface area (Å²) in [4.78, 5) is 0. The molecule has 2 nitrogen and oxygen atoms in total. The highest BCUT2D eigenvalue weighted by Gasteiger charge is 2.42. The van der Waals surface area contributed by atoms with Gasteiger partial charge in [-0.05, 0) is 59.9 Å². The number of rotatable bonds is 1. The van der Waals surface area contributed by atoms with Gasteiger partial charge in [0, 0.05) is 41.3 Å². The van der Waals surface area contributed by atoms with Gasteiger partial charge in [-0.2, -0.15) is 9.13 Å². The lowest BCUT2D eigenvalue weighted by atomic mass is 9.77. The molecule has 2 unspecified atom stereocenters. The minimum atomic E-state index is 0.318. The van der Waals surface area contributed by atoms with Crippen LogP contribution in [0.2, 0.25) is 0 Å². The Labute approximate surface area is 218 Å². The van der Waals surface area contributed by atoms with Gasteiger partial charge >= 0.3 is 0 Å². The first kappa shape index (κ1) is 21.9. The van der Waals surface area contributed by atoms with Crippen LogP contribution in [-0.2, 0) is 6.42 Å². The van der Waals surface area contributed by atoms with Crippen LogP contribution >= 0.6 is 0 Å². The van der Waals surface area contributed by atoms with Gasteiger partial charge in [-0.15, -0.1) is 0 Å². The van der Waals surface area contributed by atoms with E-state index in [1.165, 1.54) is 44.8 Å². The average Bonchev–Trinajstić information content (AvgIpc) is 2.97. The molecular formula is C35H30N2+2. The molecule has 2 heteroatoms. The minimum absolute atomic E-state index is 0.318. The lowest BCUT2D eigenvalue weighted by molar-refractivity contribution is -0.720. The summed E-state index contributed by atoms with van der Waals surface area (Å²) in [5.74, 6) is 0.423. The number of hydrogen-bond acceptors (Lipinski definition) is 0. The van der Waals surface area contributed by atoms with Crippen LogP contribution in [-0.4, -0.2) is 0 Å². The number of fused-ring (bicyclic) bond motifs is 9. The molecular weight excluding hydrogens is 448 g/mol. The average molecular weight is 479 g/mol. The third-order valence-electron chi connectivity index (χ3n) is 8.21. The van der Waals surface area contributed by atoms with Crippen LogP contribution in [0.15, 0.2) is 128 Å². The van der Waals surface area contributed by atoms with Crippen LogP contribution in [0.3, 0.4) is 0 Å². The summed E-state index contributed by atoms with van der Waals surface area (Å²) < 4.78 is 4.83. The molecule has 0 bridgehead atoms. The number of aryl methyl sites for hydroxylation is 1. The molecule has 0 saturated carbocycles. The second-order valence-electron chi connectivity index (χ2n) is 10.3. The van der Waals surface area contributed by atoms with E-state index in [0.717, 1.165) is 25.0 Å². The second-order valence-corrected chi connectivity index (χ2v) is 10.3. The zero-order chi connectivity index (χ0) is 24.8. The van der Waals surface area contributed by atoms with Gasteiger partial charge < -0.3 is 0 Å². The van der Waals surface area contributed by atoms with E-state index >= 15 is 0 Å². The molecule has 178 valence electrons. The molecule has 0 radical (unpaired) electrons. The van der Waals surface area contributed by atoms with Gasteiger partial charge in [0.25, 0.3) is 0 Å². The molecule has 0 fully saturated rings. The van der Waals surface area contributed by atoms with Crippen LogP contribution in [0.5, 0.6) is 0 Å². The fourth-order valence-electron chi connectivity index (χ4n) is 6.45. The summed E-state index contributed by atoms with van der Waals surface area (Å²) in [5.41, 5.74) is 11.6. The smallest absolute Gasteiger partial charge is 0.194 e. The van der Waals surface area contributed by atoms with Crippen LogP contribution in [0.4, 0.5) is 0 Å².